The topological polar surface area (TPSA) is 350 Å². The number of aromatic amines is 1. The van der Waals surface area contributed by atoms with Crippen LogP contribution in [0.1, 0.15) is 53.2 Å². The van der Waals surface area contributed by atoms with Gasteiger partial charge in [-0.05, 0) is 49.6 Å². The third kappa shape index (κ3) is 20.8. The molecule has 31 heteroatoms. The molecule has 1 aliphatic rings. The van der Waals surface area contributed by atoms with Crippen LogP contribution in [0.25, 0.3) is 0 Å². The number of phosphoric ester groups is 1. The molecule has 1 amide bonds. The van der Waals surface area contributed by atoms with Gasteiger partial charge in [0.05, 0.1) is 37.6 Å². The number of phosphoric acid groups is 3. The normalized spacial score (nSPS) is 19.0. The molecule has 3 rings (SSSR count). The molecule has 0 radical (unpaired) electrons. The molecule has 0 spiro atoms. The Hall–Kier alpha value is -3.26. The first-order valence-corrected chi connectivity index (χ1v) is 29.6. The van der Waals surface area contributed by atoms with Crippen LogP contribution in [0, 0.1) is 11.8 Å². The number of hydrogen-bond acceptors (Lipinski definition) is 21. The van der Waals surface area contributed by atoms with Crippen LogP contribution < -0.4 is 22.3 Å². The number of aromatic nitrogens is 2. The molecule has 382 valence electrons. The molecule has 1 aliphatic heterocycles. The van der Waals surface area contributed by atoms with Crippen molar-refractivity contribution in [2.24, 2.45) is 5.73 Å². The first kappa shape index (κ1) is 60.0. The molecule has 8 N–H and O–H groups in total. The molecular weight excluding hydrogens is 1050 g/mol. The maximum absolute atomic E-state index is 13.7. The van der Waals surface area contributed by atoms with Crippen molar-refractivity contribution in [3.05, 3.63) is 104 Å². The monoisotopic (exact) mass is 1100 g/mol. The minimum Gasteiger partial charge on any atom is -0.456 e. The number of carbonyl (C=O) groups is 3. The van der Waals surface area contributed by atoms with Crippen LogP contribution in [0.5, 0.6) is 0 Å². The van der Waals surface area contributed by atoms with Crippen LogP contribution in [-0.4, -0.2) is 123 Å². The van der Waals surface area contributed by atoms with Crippen molar-refractivity contribution in [2.45, 2.75) is 49.2 Å². The van der Waals surface area contributed by atoms with Gasteiger partial charge in [-0.25, -0.2) is 28.1 Å². The highest BCUT2D eigenvalue weighted by Crippen LogP contribution is 2.66. The quantitative estimate of drug-likeness (QED) is 0.0121. The van der Waals surface area contributed by atoms with Gasteiger partial charge in [0.15, 0.2) is 6.61 Å². The Morgan fingerprint density at radius 2 is 1.72 bits per heavy atom. The van der Waals surface area contributed by atoms with E-state index in [4.69, 9.17) is 43.7 Å². The van der Waals surface area contributed by atoms with Gasteiger partial charge in [0.25, 0.3) is 5.56 Å². The maximum Gasteiger partial charge on any atom is 0.490 e. The van der Waals surface area contributed by atoms with Gasteiger partial charge in [-0.2, -0.15) is 8.62 Å². The van der Waals surface area contributed by atoms with E-state index in [0.29, 0.717) is 24.3 Å². The fraction of sp³-hybridized carbons (Fsp3) is 0.447. The Balaban J connectivity index is 1.88. The minimum absolute atomic E-state index is 0.0247. The summed E-state index contributed by atoms with van der Waals surface area (Å²) in [6, 6.07) is 6.50. The summed E-state index contributed by atoms with van der Waals surface area (Å²) in [6.45, 7) is 6.64. The molecule has 0 saturated carbocycles. The first-order chi connectivity index (χ1) is 32.5. The maximum atomic E-state index is 13.7. The van der Waals surface area contributed by atoms with Crippen molar-refractivity contribution in [1.29, 1.82) is 0 Å². The van der Waals surface area contributed by atoms with Crippen molar-refractivity contribution in [1.82, 2.24) is 14.9 Å². The molecular formula is C38H51N4O20P3S4. The van der Waals surface area contributed by atoms with Crippen molar-refractivity contribution in [2.75, 3.05) is 58.7 Å². The number of nitrogens with zero attached hydrogens (tertiary/aromatic N) is 1. The zero-order valence-corrected chi connectivity index (χ0v) is 43.1. The second-order valence-electron chi connectivity index (χ2n) is 13.6. The third-order valence-corrected chi connectivity index (χ3v) is 16.8. The molecule has 24 nitrogen and oxygen atoms in total. The lowest BCUT2D eigenvalue weighted by Crippen LogP contribution is -2.33. The van der Waals surface area contributed by atoms with Gasteiger partial charge in [0.2, 0.25) is 5.91 Å². The van der Waals surface area contributed by atoms with Crippen LogP contribution >= 0.6 is 66.6 Å². The number of nitrogens with two attached hydrogens (primary N) is 1. The Kier molecular flexibility index (Phi) is 25.5. The van der Waals surface area contributed by atoms with Crippen LogP contribution in [-0.2, 0) is 60.1 Å². The summed E-state index contributed by atoms with van der Waals surface area (Å²) in [5.74, 6) is 2.77. The fourth-order valence-electron chi connectivity index (χ4n) is 5.85. The van der Waals surface area contributed by atoms with Crippen molar-refractivity contribution >= 4 is 84.5 Å². The lowest BCUT2D eigenvalue weighted by Gasteiger charge is -2.22. The fourth-order valence-corrected chi connectivity index (χ4v) is 12.4. The van der Waals surface area contributed by atoms with Gasteiger partial charge in [-0.1, -0.05) is 85.9 Å². The number of carbonyl (C=O) groups excluding carboxylic acids is 3. The van der Waals surface area contributed by atoms with E-state index in [1.807, 2.05) is 26.4 Å². The smallest absolute Gasteiger partial charge is 0.456 e. The number of esters is 2. The summed E-state index contributed by atoms with van der Waals surface area (Å²) in [4.78, 5) is 105. The number of H-pyrrole nitrogens is 1. The molecule has 7 atom stereocenters. The molecule has 0 aliphatic carbocycles. The molecule has 2 aromatic rings. The van der Waals surface area contributed by atoms with Gasteiger partial charge < -0.3 is 54.3 Å². The predicted molar refractivity (Wildman–Crippen MR) is 258 cm³/mol. The Morgan fingerprint density at radius 1 is 1.03 bits per heavy atom. The highest BCUT2D eigenvalue weighted by atomic mass is 33.1. The Morgan fingerprint density at radius 3 is 2.39 bits per heavy atom. The van der Waals surface area contributed by atoms with Crippen molar-refractivity contribution < 1.29 is 84.5 Å². The average molecular weight is 1110 g/mol. The summed E-state index contributed by atoms with van der Waals surface area (Å²) in [6.07, 6.45) is 3.95. The second-order valence-corrected chi connectivity index (χ2v) is 23.6. The van der Waals surface area contributed by atoms with Gasteiger partial charge in [-0.15, -0.1) is 0 Å². The number of rotatable bonds is 28. The molecule has 0 bridgehead atoms. The average Bonchev–Trinajstić information content (AvgIpc) is 3.66. The minimum atomic E-state index is -5.91. The van der Waals surface area contributed by atoms with Gasteiger partial charge in [-0.3, -0.25) is 23.7 Å². The predicted octanol–water partition coefficient (Wildman–Crippen LogP) is 3.86. The Bertz CT molecular complexity index is 2510. The summed E-state index contributed by atoms with van der Waals surface area (Å²) < 4.78 is 76.4. The summed E-state index contributed by atoms with van der Waals surface area (Å²) in [5, 5.41) is 2.03. The van der Waals surface area contributed by atoms with E-state index >= 15 is 0 Å². The van der Waals surface area contributed by atoms with E-state index in [1.165, 1.54) is 67.6 Å². The number of ether oxygens (including phenoxy) is 5. The molecule has 1 aromatic carbocycles. The Labute approximate surface area is 411 Å². The van der Waals surface area contributed by atoms with E-state index in [-0.39, 0.29) is 53.4 Å². The first-order valence-electron chi connectivity index (χ1n) is 19.9. The highest BCUT2D eigenvalue weighted by Gasteiger charge is 2.44. The van der Waals surface area contributed by atoms with Crippen molar-refractivity contribution in [3.8, 4) is 11.8 Å². The highest BCUT2D eigenvalue weighted by molar-refractivity contribution is 8.76. The zero-order chi connectivity index (χ0) is 51.4. The molecule has 1 saturated heterocycles. The van der Waals surface area contributed by atoms with E-state index < -0.39 is 84.2 Å². The van der Waals surface area contributed by atoms with E-state index in [0.717, 1.165) is 10.8 Å². The number of amides is 1. The van der Waals surface area contributed by atoms with Gasteiger partial charge >= 0.3 is 41.1 Å². The lowest BCUT2D eigenvalue weighted by atomic mass is 10.0. The number of benzene rings is 1. The van der Waals surface area contributed by atoms with E-state index in [2.05, 4.69) is 37.3 Å². The molecule has 69 heavy (non-hydrogen) atoms. The van der Waals surface area contributed by atoms with E-state index in [1.54, 1.807) is 18.2 Å². The standard InChI is InChI=1S/C38H51N4O20P3S4/c1-6-27(24(2)68-66-4)30(13-15-40-33(43)23-56-19-18-55-17-14-39)36(45)57-16-9-10-26-21-42(38(47)41-35(26)44)34-20-31(60-37(46)29-12-8-7-11-28(29)25(3)69-67-5)32(59-34)22-58-64(51,52)62-65(53,54)61-63(48,49)50/h6-8,11-13,15,21,24-25,31-32,34H,1,14,16-20,22-23,39H2,2-5H3,(H,40,43)(H,51,52)(H,53,54)(H,41,44,47)(H2,48,49,50)/b15-13-,30-27-/t24?,25?,31-,32?,34-/m1/s1. The van der Waals surface area contributed by atoms with E-state index in [9.17, 15) is 47.5 Å². The summed E-state index contributed by atoms with van der Waals surface area (Å²) in [7, 11) is -11.5. The van der Waals surface area contributed by atoms with Crippen LogP contribution in [0.15, 0.2) is 76.1 Å². The van der Waals surface area contributed by atoms with Crippen LogP contribution in [0.3, 0.4) is 0 Å². The number of allylic oxidation sites excluding steroid dienone is 1. The SMILES string of the molecule is C=C/C(=C(\C=C/NC(=O)COCCOCCN)C(=O)OCC#Cc1cn([C@H]2C[C@@H](OC(=O)c3ccccc3C(C)SSC)C(COP(=O)(O)OP(=O)(O)OP(=O)(O)O)O2)c(=O)[nH]c1=O)C(C)SSC. The van der Waals surface area contributed by atoms with Crippen LogP contribution in [0.2, 0.25) is 0 Å². The summed E-state index contributed by atoms with van der Waals surface area (Å²) in [5.41, 5.74) is 4.24. The number of hydrogen-bond donors (Lipinski definition) is 7. The third-order valence-electron chi connectivity index (χ3n) is 8.68. The molecule has 2 heterocycles. The molecule has 1 aromatic heterocycles. The number of nitrogens with one attached hydrogen (secondary N) is 2. The molecule has 5 unspecified atom stereocenters. The van der Waals surface area contributed by atoms with Crippen LogP contribution in [0.4, 0.5) is 0 Å². The second kappa shape index (κ2) is 29.3. The molecule has 1 fully saturated rings. The van der Waals surface area contributed by atoms with Gasteiger partial charge in [0.1, 0.15) is 30.6 Å². The van der Waals surface area contributed by atoms with Gasteiger partial charge in [0, 0.05) is 35.9 Å². The summed E-state index contributed by atoms with van der Waals surface area (Å²) >= 11 is 0. The van der Waals surface area contributed by atoms with Crippen molar-refractivity contribution in [3.63, 3.8) is 0 Å². The lowest BCUT2D eigenvalue weighted by molar-refractivity contribution is -0.137. The largest absolute Gasteiger partial charge is 0.490 e. The zero-order valence-electron chi connectivity index (χ0n) is 37.2.